The highest BCUT2D eigenvalue weighted by atomic mass is 32.1. The van der Waals surface area contributed by atoms with Crippen molar-refractivity contribution >= 4 is 46.2 Å². The first-order valence-electron chi connectivity index (χ1n) is 12.6. The lowest BCUT2D eigenvalue weighted by molar-refractivity contribution is -0.384. The molecule has 1 saturated heterocycles. The van der Waals surface area contributed by atoms with Crippen molar-refractivity contribution < 1.29 is 19.2 Å². The van der Waals surface area contributed by atoms with Crippen LogP contribution in [0.25, 0.3) is 11.3 Å². The molecule has 0 spiro atoms. The molecule has 1 fully saturated rings. The fourth-order valence-electron chi connectivity index (χ4n) is 4.46. The molecule has 2 aliphatic rings. The molecule has 1 aromatic heterocycles. The number of carbonyl (C=O) groups is 1. The summed E-state index contributed by atoms with van der Waals surface area (Å²) in [5, 5.41) is 21.0. The van der Waals surface area contributed by atoms with Crippen LogP contribution in [-0.2, 0) is 9.53 Å². The molecule has 2 aliphatic heterocycles. The van der Waals surface area contributed by atoms with E-state index in [2.05, 4.69) is 27.3 Å². The first-order chi connectivity index (χ1) is 19.5. The maximum absolute atomic E-state index is 11.9. The lowest BCUT2D eigenvalue weighted by Gasteiger charge is -2.28. The van der Waals surface area contributed by atoms with Crippen LogP contribution in [0.5, 0.6) is 5.75 Å². The molecule has 0 radical (unpaired) electrons. The number of carbonyl (C=O) groups excluding carboxylic acids is 1. The van der Waals surface area contributed by atoms with Gasteiger partial charge in [-0.2, -0.15) is 5.10 Å². The van der Waals surface area contributed by atoms with E-state index in [0.29, 0.717) is 35.1 Å². The van der Waals surface area contributed by atoms with Gasteiger partial charge in [0.05, 0.1) is 35.7 Å². The van der Waals surface area contributed by atoms with E-state index in [0.717, 1.165) is 29.9 Å². The van der Waals surface area contributed by atoms with E-state index >= 15 is 0 Å². The molecule has 3 aromatic carbocycles. The first-order valence-corrected chi connectivity index (χ1v) is 13.5. The number of morpholine rings is 1. The number of para-hydroxylation sites is 2. The van der Waals surface area contributed by atoms with Crippen molar-refractivity contribution in [2.24, 2.45) is 10.1 Å². The van der Waals surface area contributed by atoms with Gasteiger partial charge in [-0.3, -0.25) is 14.9 Å². The van der Waals surface area contributed by atoms with Crippen LogP contribution in [0.15, 0.2) is 82.2 Å². The molecule has 0 saturated carbocycles. The number of amides is 1. The Kier molecular flexibility index (Phi) is 7.08. The van der Waals surface area contributed by atoms with Crippen LogP contribution in [0.4, 0.5) is 22.7 Å². The summed E-state index contributed by atoms with van der Waals surface area (Å²) in [5.74, 6) is 0.354. The largest absolute Gasteiger partial charge is 0.482 e. The van der Waals surface area contributed by atoms with Crippen LogP contribution in [0, 0.1) is 10.1 Å². The number of ether oxygens (including phenoxy) is 2. The highest BCUT2D eigenvalue weighted by Gasteiger charge is 2.19. The van der Waals surface area contributed by atoms with E-state index in [9.17, 15) is 14.9 Å². The Morgan fingerprint density at radius 2 is 1.85 bits per heavy atom. The molecule has 40 heavy (non-hydrogen) atoms. The topological polar surface area (TPSA) is 124 Å². The molecule has 0 atom stereocenters. The van der Waals surface area contributed by atoms with Gasteiger partial charge < -0.3 is 19.7 Å². The van der Waals surface area contributed by atoms with E-state index in [1.165, 1.54) is 17.4 Å². The molecule has 11 nitrogen and oxygen atoms in total. The van der Waals surface area contributed by atoms with Gasteiger partial charge >= 0.3 is 0 Å². The Balaban J connectivity index is 1.40. The summed E-state index contributed by atoms with van der Waals surface area (Å²) in [4.78, 5) is 30.3. The number of nitrogens with zero attached hydrogens (tertiary/aromatic N) is 5. The van der Waals surface area contributed by atoms with E-state index < -0.39 is 4.92 Å². The number of thiazole rings is 1. The van der Waals surface area contributed by atoms with E-state index in [-0.39, 0.29) is 23.9 Å². The molecule has 202 valence electrons. The van der Waals surface area contributed by atoms with Crippen LogP contribution < -0.4 is 19.8 Å². The van der Waals surface area contributed by atoms with Crippen molar-refractivity contribution in [2.75, 3.05) is 43.1 Å². The molecule has 1 N–H and O–H groups in total. The Morgan fingerprint density at radius 1 is 1.05 bits per heavy atom. The maximum Gasteiger partial charge on any atom is 0.294 e. The van der Waals surface area contributed by atoms with E-state index in [1.54, 1.807) is 35.2 Å². The predicted molar refractivity (Wildman–Crippen MR) is 153 cm³/mol. The number of fused-ring (bicyclic) bond motifs is 1. The number of anilines is 2. The van der Waals surface area contributed by atoms with Gasteiger partial charge in [-0.25, -0.2) is 9.67 Å². The summed E-state index contributed by atoms with van der Waals surface area (Å²) in [6, 6.07) is 19.9. The highest BCUT2D eigenvalue weighted by molar-refractivity contribution is 7.07. The fraction of sp³-hybridized carbons (Fsp3) is 0.179. The summed E-state index contributed by atoms with van der Waals surface area (Å²) >= 11 is 1.30. The number of hydrogen-bond donors (Lipinski definition) is 1. The lowest BCUT2D eigenvalue weighted by Crippen LogP contribution is -2.36. The highest BCUT2D eigenvalue weighted by Crippen LogP contribution is 2.33. The van der Waals surface area contributed by atoms with Gasteiger partial charge in [-0.1, -0.05) is 24.3 Å². The third kappa shape index (κ3) is 5.35. The number of nitro groups is 1. The van der Waals surface area contributed by atoms with Gasteiger partial charge in [0.1, 0.15) is 11.4 Å². The molecule has 0 bridgehead atoms. The van der Waals surface area contributed by atoms with Crippen LogP contribution >= 0.6 is 11.3 Å². The van der Waals surface area contributed by atoms with E-state index in [1.807, 2.05) is 29.6 Å². The molecule has 6 rings (SSSR count). The fourth-order valence-corrected chi connectivity index (χ4v) is 5.31. The molecule has 1 amide bonds. The summed E-state index contributed by atoms with van der Waals surface area (Å²) in [7, 11) is 0. The Morgan fingerprint density at radius 3 is 2.65 bits per heavy atom. The number of benzene rings is 3. The van der Waals surface area contributed by atoms with Crippen molar-refractivity contribution in [2.45, 2.75) is 0 Å². The van der Waals surface area contributed by atoms with Crippen LogP contribution in [0.1, 0.15) is 5.56 Å². The average molecular weight is 557 g/mol. The summed E-state index contributed by atoms with van der Waals surface area (Å²) in [6.07, 6.45) is 1.72. The minimum absolute atomic E-state index is 0.0295. The van der Waals surface area contributed by atoms with Crippen molar-refractivity contribution in [1.29, 1.82) is 0 Å². The van der Waals surface area contributed by atoms with Gasteiger partial charge in [0.15, 0.2) is 6.61 Å². The zero-order valence-corrected chi connectivity index (χ0v) is 22.0. The predicted octanol–water partition coefficient (Wildman–Crippen LogP) is 4.41. The Hall–Kier alpha value is -4.81. The zero-order chi connectivity index (χ0) is 27.5. The third-order valence-corrected chi connectivity index (χ3v) is 7.30. The standard InChI is InChI=1S/C28H24N6O5S/c35-27-17-39-26-10-7-20(15-23(26)30-27)25-18-40-28(31-22-3-1-2-4-24(22)34(36)37)33(25)29-16-19-5-8-21(9-6-19)32-11-13-38-14-12-32/h1-10,15-16,18H,11-14,17H2,(H,30,35). The van der Waals surface area contributed by atoms with Gasteiger partial charge in [0, 0.05) is 35.8 Å². The van der Waals surface area contributed by atoms with Crippen LogP contribution in [-0.4, -0.2) is 54.6 Å². The SMILES string of the molecule is O=C1COc2ccc(-c3csc(=Nc4ccccc4[N+](=O)[O-])n3N=Cc3ccc(N4CCOCC4)cc3)cc2N1. The number of nitro benzene ring substituents is 1. The molecule has 4 aromatic rings. The van der Waals surface area contributed by atoms with Crippen molar-refractivity contribution in [3.8, 4) is 17.0 Å². The molecule has 0 unspecified atom stereocenters. The second-order valence-electron chi connectivity index (χ2n) is 9.06. The minimum Gasteiger partial charge on any atom is -0.482 e. The van der Waals surface area contributed by atoms with Crippen molar-refractivity contribution in [1.82, 2.24) is 4.68 Å². The first kappa shape index (κ1) is 25.5. The number of nitrogens with one attached hydrogen (secondary N) is 1. The summed E-state index contributed by atoms with van der Waals surface area (Å²) < 4.78 is 12.6. The molecule has 3 heterocycles. The molecule has 12 heteroatoms. The van der Waals surface area contributed by atoms with Crippen molar-refractivity contribution in [3.05, 3.63) is 92.6 Å². The summed E-state index contributed by atoms with van der Waals surface area (Å²) in [5.41, 5.74) is 4.16. The molecule has 0 aliphatic carbocycles. The second-order valence-corrected chi connectivity index (χ2v) is 9.89. The third-order valence-electron chi connectivity index (χ3n) is 6.48. The van der Waals surface area contributed by atoms with Gasteiger partial charge in [-0.15, -0.1) is 11.3 Å². The second kappa shape index (κ2) is 11.1. The smallest absolute Gasteiger partial charge is 0.294 e. The normalized spacial score (nSPS) is 15.6. The van der Waals surface area contributed by atoms with Gasteiger partial charge in [0.25, 0.3) is 11.6 Å². The van der Waals surface area contributed by atoms with Crippen LogP contribution in [0.2, 0.25) is 0 Å². The minimum atomic E-state index is -0.455. The van der Waals surface area contributed by atoms with E-state index in [4.69, 9.17) is 14.6 Å². The monoisotopic (exact) mass is 556 g/mol. The number of hydrogen-bond acceptors (Lipinski definition) is 9. The Bertz CT molecular complexity index is 1670. The van der Waals surface area contributed by atoms with Gasteiger partial charge in [0.2, 0.25) is 4.80 Å². The number of aromatic nitrogens is 1. The molecular weight excluding hydrogens is 532 g/mol. The Labute approximate surface area is 232 Å². The van der Waals surface area contributed by atoms with Crippen molar-refractivity contribution in [3.63, 3.8) is 0 Å². The summed E-state index contributed by atoms with van der Waals surface area (Å²) in [6.45, 7) is 3.10. The zero-order valence-electron chi connectivity index (χ0n) is 21.2. The quantitative estimate of drug-likeness (QED) is 0.213. The lowest BCUT2D eigenvalue weighted by atomic mass is 10.1. The molecular formula is C28H24N6O5S. The van der Waals surface area contributed by atoms with Crippen LogP contribution in [0.3, 0.4) is 0 Å². The van der Waals surface area contributed by atoms with Gasteiger partial charge in [-0.05, 0) is 42.0 Å². The average Bonchev–Trinajstić information content (AvgIpc) is 3.38. The number of rotatable bonds is 6. The maximum atomic E-state index is 11.9.